The van der Waals surface area contributed by atoms with Crippen molar-refractivity contribution in [1.29, 1.82) is 0 Å². The molecule has 2 aromatic carbocycles. The molecule has 2 heterocycles. The van der Waals surface area contributed by atoms with Gasteiger partial charge in [-0.05, 0) is 55.7 Å². The van der Waals surface area contributed by atoms with E-state index >= 15 is 0 Å². The molecule has 1 aromatic heterocycles. The van der Waals surface area contributed by atoms with Gasteiger partial charge in [0.15, 0.2) is 0 Å². The number of hydrogen-bond acceptors (Lipinski definition) is 5. The van der Waals surface area contributed by atoms with Crippen LogP contribution in [0.2, 0.25) is 0 Å². The Kier molecular flexibility index (Phi) is 5.47. The van der Waals surface area contributed by atoms with Crippen LogP contribution in [0.3, 0.4) is 0 Å². The maximum absolute atomic E-state index is 12.9. The molecule has 1 aliphatic carbocycles. The lowest BCUT2D eigenvalue weighted by atomic mass is 9.84. The zero-order valence-corrected chi connectivity index (χ0v) is 18.2. The first-order chi connectivity index (χ1) is 15.6. The number of amides is 2. The molecule has 2 amide bonds. The van der Waals surface area contributed by atoms with Crippen molar-refractivity contribution in [2.24, 2.45) is 5.92 Å². The summed E-state index contributed by atoms with van der Waals surface area (Å²) in [6, 6.07) is 15.1. The van der Waals surface area contributed by atoms with E-state index in [9.17, 15) is 9.59 Å². The Morgan fingerprint density at radius 3 is 2.19 bits per heavy atom. The van der Waals surface area contributed by atoms with Crippen LogP contribution in [0.1, 0.15) is 35.2 Å². The van der Waals surface area contributed by atoms with Crippen LogP contribution in [0, 0.1) is 12.8 Å². The Labute approximate surface area is 187 Å². The average molecular weight is 431 g/mol. The highest BCUT2D eigenvalue weighted by Gasteiger charge is 2.32. The van der Waals surface area contributed by atoms with Gasteiger partial charge in [-0.1, -0.05) is 24.6 Å². The van der Waals surface area contributed by atoms with E-state index in [1.54, 1.807) is 12.1 Å². The average Bonchev–Trinajstić information content (AvgIpc) is 3.28. The minimum absolute atomic E-state index is 0.0154. The zero-order chi connectivity index (χ0) is 22.1. The first-order valence-corrected chi connectivity index (χ1v) is 11.2. The minimum atomic E-state index is -0.0154. The molecule has 164 valence electrons. The Balaban J connectivity index is 1.23. The van der Waals surface area contributed by atoms with Crippen molar-refractivity contribution < 1.29 is 14.0 Å². The van der Waals surface area contributed by atoms with Gasteiger partial charge < -0.3 is 14.2 Å². The van der Waals surface area contributed by atoms with Gasteiger partial charge in [0, 0.05) is 48.8 Å². The van der Waals surface area contributed by atoms with Crippen molar-refractivity contribution in [2.45, 2.75) is 26.2 Å². The van der Waals surface area contributed by atoms with Gasteiger partial charge in [-0.3, -0.25) is 9.59 Å². The van der Waals surface area contributed by atoms with E-state index in [1.165, 1.54) is 0 Å². The molecule has 7 heteroatoms. The summed E-state index contributed by atoms with van der Waals surface area (Å²) in [4.78, 5) is 29.1. The first-order valence-electron chi connectivity index (χ1n) is 11.2. The monoisotopic (exact) mass is 430 g/mol. The maximum Gasteiger partial charge on any atom is 0.253 e. The molecule has 0 unspecified atom stereocenters. The number of benzene rings is 2. The van der Waals surface area contributed by atoms with Crippen LogP contribution in [0.5, 0.6) is 0 Å². The lowest BCUT2D eigenvalue weighted by Crippen LogP contribution is -2.52. The van der Waals surface area contributed by atoms with Crippen LogP contribution in [0.15, 0.2) is 52.9 Å². The number of piperazine rings is 1. The summed E-state index contributed by atoms with van der Waals surface area (Å²) in [6.45, 7) is 4.37. The molecule has 0 N–H and O–H groups in total. The first kappa shape index (κ1) is 20.4. The fraction of sp³-hybridized carbons (Fsp3) is 0.360. The number of nitrogens with zero attached hydrogens (tertiary/aromatic N) is 4. The van der Waals surface area contributed by atoms with Crippen LogP contribution < -0.4 is 0 Å². The van der Waals surface area contributed by atoms with Crippen molar-refractivity contribution in [2.75, 3.05) is 26.2 Å². The lowest BCUT2D eigenvalue weighted by Gasteiger charge is -2.38. The number of aromatic nitrogens is 2. The van der Waals surface area contributed by atoms with E-state index < -0.39 is 0 Å². The smallest absolute Gasteiger partial charge is 0.253 e. The molecule has 0 radical (unpaired) electrons. The third-order valence-electron chi connectivity index (χ3n) is 6.51. The molecule has 1 aliphatic heterocycles. The van der Waals surface area contributed by atoms with Gasteiger partial charge in [0.2, 0.25) is 17.7 Å². The molecular weight excluding hydrogens is 404 g/mol. The van der Waals surface area contributed by atoms with Crippen molar-refractivity contribution >= 4 is 11.8 Å². The summed E-state index contributed by atoms with van der Waals surface area (Å²) in [7, 11) is 0. The number of carbonyl (C=O) groups excluding carboxylic acids is 2. The summed E-state index contributed by atoms with van der Waals surface area (Å²) < 4.78 is 5.87. The number of carbonyl (C=O) groups is 2. The van der Waals surface area contributed by atoms with E-state index in [4.69, 9.17) is 4.42 Å². The van der Waals surface area contributed by atoms with E-state index in [0.29, 0.717) is 43.5 Å². The topological polar surface area (TPSA) is 79.5 Å². The second-order valence-electron chi connectivity index (χ2n) is 8.55. The molecule has 0 spiro atoms. The van der Waals surface area contributed by atoms with Crippen LogP contribution in [-0.2, 0) is 4.79 Å². The molecule has 2 aliphatic rings. The largest absolute Gasteiger partial charge is 0.416 e. The van der Waals surface area contributed by atoms with Crippen LogP contribution in [-0.4, -0.2) is 58.0 Å². The third-order valence-corrected chi connectivity index (χ3v) is 6.51. The van der Waals surface area contributed by atoms with E-state index in [-0.39, 0.29) is 17.7 Å². The molecular formula is C25H26N4O3. The van der Waals surface area contributed by atoms with E-state index in [1.807, 2.05) is 53.1 Å². The maximum atomic E-state index is 12.9. The van der Waals surface area contributed by atoms with Crippen molar-refractivity contribution in [3.63, 3.8) is 0 Å². The highest BCUT2D eigenvalue weighted by molar-refractivity contribution is 5.94. The predicted molar refractivity (Wildman–Crippen MR) is 120 cm³/mol. The van der Waals surface area contributed by atoms with Gasteiger partial charge in [0.1, 0.15) is 0 Å². The number of rotatable bonds is 4. The van der Waals surface area contributed by atoms with Crippen LogP contribution >= 0.6 is 0 Å². The third kappa shape index (κ3) is 3.90. The zero-order valence-electron chi connectivity index (χ0n) is 18.2. The van der Waals surface area contributed by atoms with Gasteiger partial charge >= 0.3 is 0 Å². The highest BCUT2D eigenvalue weighted by Crippen LogP contribution is 2.29. The summed E-state index contributed by atoms with van der Waals surface area (Å²) in [5.41, 5.74) is 3.36. The number of aryl methyl sites for hydroxylation is 1. The van der Waals surface area contributed by atoms with Crippen molar-refractivity contribution in [1.82, 2.24) is 20.0 Å². The van der Waals surface area contributed by atoms with Gasteiger partial charge in [-0.25, -0.2) is 0 Å². The Morgan fingerprint density at radius 2 is 1.53 bits per heavy atom. The van der Waals surface area contributed by atoms with Gasteiger partial charge in [-0.2, -0.15) is 0 Å². The van der Waals surface area contributed by atoms with Crippen LogP contribution in [0.4, 0.5) is 0 Å². The van der Waals surface area contributed by atoms with E-state index in [0.717, 1.165) is 36.0 Å². The highest BCUT2D eigenvalue weighted by atomic mass is 16.4. The molecule has 32 heavy (non-hydrogen) atoms. The van der Waals surface area contributed by atoms with Crippen molar-refractivity contribution in [3.8, 4) is 22.9 Å². The molecule has 0 bridgehead atoms. The second-order valence-corrected chi connectivity index (χ2v) is 8.55. The normalized spacial score (nSPS) is 16.7. The molecule has 1 saturated heterocycles. The Bertz CT molecular complexity index is 1130. The molecule has 2 fully saturated rings. The SMILES string of the molecule is Cc1ccccc1-c1nnc(-c2ccc(C(=O)N3CCN(C(=O)C4CCC4)CC3)cc2)o1. The summed E-state index contributed by atoms with van der Waals surface area (Å²) >= 11 is 0. The van der Waals surface area contributed by atoms with Crippen molar-refractivity contribution in [3.05, 3.63) is 59.7 Å². The van der Waals surface area contributed by atoms with Gasteiger partial charge in [0.05, 0.1) is 0 Å². The minimum Gasteiger partial charge on any atom is -0.416 e. The van der Waals surface area contributed by atoms with E-state index in [2.05, 4.69) is 10.2 Å². The summed E-state index contributed by atoms with van der Waals surface area (Å²) in [5.74, 6) is 1.36. The molecule has 5 rings (SSSR count). The lowest BCUT2D eigenvalue weighted by molar-refractivity contribution is -0.139. The second kappa shape index (κ2) is 8.57. The Morgan fingerprint density at radius 1 is 0.875 bits per heavy atom. The molecule has 7 nitrogen and oxygen atoms in total. The Hall–Kier alpha value is -3.48. The fourth-order valence-corrected chi connectivity index (χ4v) is 4.24. The summed E-state index contributed by atoms with van der Waals surface area (Å²) in [5, 5.41) is 8.34. The molecule has 0 atom stereocenters. The molecule has 3 aromatic rings. The van der Waals surface area contributed by atoms with Crippen LogP contribution in [0.25, 0.3) is 22.9 Å². The quantitative estimate of drug-likeness (QED) is 0.629. The fourth-order valence-electron chi connectivity index (χ4n) is 4.24. The van der Waals surface area contributed by atoms with Gasteiger partial charge in [-0.15, -0.1) is 10.2 Å². The predicted octanol–water partition coefficient (Wildman–Crippen LogP) is 3.80. The standard InChI is InChI=1S/C25H26N4O3/c1-17-5-2-3-8-21(17)23-27-26-22(32-23)18-9-11-20(12-10-18)25(31)29-15-13-28(14-16-29)24(30)19-6-4-7-19/h2-3,5,8-12,19H,4,6-7,13-16H2,1H3. The number of hydrogen-bond donors (Lipinski definition) is 0. The van der Waals surface area contributed by atoms with Gasteiger partial charge in [0.25, 0.3) is 5.91 Å². The summed E-state index contributed by atoms with van der Waals surface area (Å²) in [6.07, 6.45) is 3.18. The molecule has 1 saturated carbocycles.